The van der Waals surface area contributed by atoms with E-state index in [-0.39, 0.29) is 0 Å². The molecule has 0 fully saturated rings. The second-order valence-electron chi connectivity index (χ2n) is 7.89. The molecule has 0 bridgehead atoms. The largest absolute Gasteiger partial charge is 0.376 e. The third-order valence-corrected chi connectivity index (χ3v) is 5.68. The Balaban J connectivity index is 2.54. The molecule has 1 N–H and O–H groups in total. The predicted molar refractivity (Wildman–Crippen MR) is 98.2 cm³/mol. The number of fused-ring (bicyclic) bond motifs is 1. The molecule has 0 aliphatic carbocycles. The molecular weight excluding hydrogens is 323 g/mol. The molecule has 132 valence electrons. The Kier molecular flexibility index (Phi) is 5.27. The van der Waals surface area contributed by atoms with Gasteiger partial charge < -0.3 is 14.2 Å². The third kappa shape index (κ3) is 4.67. The van der Waals surface area contributed by atoms with Gasteiger partial charge in [0.1, 0.15) is 0 Å². The van der Waals surface area contributed by atoms with Crippen LogP contribution in [0, 0.1) is 0 Å². The standard InChI is InChI=1S/C19H27O4P/c1-18(2,3)22-24(21,23-19(4,5)6)17(20)16-13-9-11-14-10-7-8-12-15(14)16/h7-13,17,20H,1-6H3. The molecule has 0 aliphatic heterocycles. The molecule has 2 rings (SSSR count). The average Bonchev–Trinajstić information content (AvgIpc) is 2.41. The average molecular weight is 350 g/mol. The molecule has 0 heterocycles. The fourth-order valence-electron chi connectivity index (χ4n) is 2.53. The van der Waals surface area contributed by atoms with E-state index in [9.17, 15) is 9.67 Å². The third-order valence-electron chi connectivity index (χ3n) is 3.20. The number of rotatable bonds is 4. The first kappa shape index (κ1) is 19.1. The minimum Gasteiger partial charge on any atom is -0.376 e. The summed E-state index contributed by atoms with van der Waals surface area (Å²) in [7, 11) is -3.82. The van der Waals surface area contributed by atoms with Gasteiger partial charge in [0.05, 0.1) is 11.2 Å². The zero-order chi connectivity index (χ0) is 18.2. The first-order chi connectivity index (χ1) is 10.9. The molecular formula is C19H27O4P. The molecule has 0 saturated carbocycles. The van der Waals surface area contributed by atoms with Crippen molar-refractivity contribution in [3.8, 4) is 0 Å². The summed E-state index contributed by atoms with van der Waals surface area (Å²) >= 11 is 0. The lowest BCUT2D eigenvalue weighted by atomic mass is 10.1. The van der Waals surface area contributed by atoms with Crippen molar-refractivity contribution >= 4 is 18.4 Å². The van der Waals surface area contributed by atoms with Gasteiger partial charge in [-0.3, -0.25) is 4.57 Å². The quantitative estimate of drug-likeness (QED) is 0.724. The number of hydrogen-bond donors (Lipinski definition) is 1. The van der Waals surface area contributed by atoms with E-state index in [1.54, 1.807) is 47.6 Å². The van der Waals surface area contributed by atoms with Gasteiger partial charge in [-0.2, -0.15) is 0 Å². The summed E-state index contributed by atoms with van der Waals surface area (Å²) in [6.45, 7) is 10.8. The minimum absolute atomic E-state index is 0.546. The van der Waals surface area contributed by atoms with Gasteiger partial charge in [-0.1, -0.05) is 42.5 Å². The van der Waals surface area contributed by atoms with E-state index in [1.807, 2.05) is 36.4 Å². The highest BCUT2D eigenvalue weighted by Gasteiger charge is 2.43. The molecule has 0 aliphatic rings. The fraction of sp³-hybridized carbons (Fsp3) is 0.474. The molecule has 0 radical (unpaired) electrons. The number of aliphatic hydroxyl groups is 1. The molecule has 4 nitrogen and oxygen atoms in total. The van der Waals surface area contributed by atoms with Gasteiger partial charge in [-0.25, -0.2) is 0 Å². The smallest absolute Gasteiger partial charge is 0.364 e. The summed E-state index contributed by atoms with van der Waals surface area (Å²) in [6, 6.07) is 13.2. The first-order valence-corrected chi connectivity index (χ1v) is 9.69. The van der Waals surface area contributed by atoms with E-state index in [0.29, 0.717) is 5.56 Å². The molecule has 0 saturated heterocycles. The van der Waals surface area contributed by atoms with Crippen LogP contribution in [0.4, 0.5) is 0 Å². The number of hydrogen-bond acceptors (Lipinski definition) is 4. The lowest BCUT2D eigenvalue weighted by Gasteiger charge is -2.34. The van der Waals surface area contributed by atoms with Crippen LogP contribution >= 0.6 is 7.60 Å². The van der Waals surface area contributed by atoms with Crippen molar-refractivity contribution in [2.24, 2.45) is 0 Å². The SMILES string of the molecule is CC(C)(C)OP(=O)(OC(C)(C)C)C(O)c1cccc2ccccc12. The Bertz CT molecular complexity index is 731. The van der Waals surface area contributed by atoms with Gasteiger partial charge in [0.2, 0.25) is 0 Å². The molecule has 2 aromatic rings. The van der Waals surface area contributed by atoms with Gasteiger partial charge in [0.25, 0.3) is 0 Å². The van der Waals surface area contributed by atoms with E-state index in [0.717, 1.165) is 10.8 Å². The highest BCUT2D eigenvalue weighted by atomic mass is 31.2. The van der Waals surface area contributed by atoms with Gasteiger partial charge >= 0.3 is 7.60 Å². The lowest BCUT2D eigenvalue weighted by Crippen LogP contribution is -2.26. The van der Waals surface area contributed by atoms with Crippen LogP contribution in [0.25, 0.3) is 10.8 Å². The van der Waals surface area contributed by atoms with E-state index in [1.165, 1.54) is 0 Å². The van der Waals surface area contributed by atoms with Crippen molar-refractivity contribution < 1.29 is 18.7 Å². The fourth-order valence-corrected chi connectivity index (χ4v) is 4.86. The Morgan fingerprint density at radius 3 is 1.92 bits per heavy atom. The lowest BCUT2D eigenvalue weighted by molar-refractivity contribution is 0.0273. The van der Waals surface area contributed by atoms with Crippen LogP contribution in [0.1, 0.15) is 53.0 Å². The molecule has 2 aromatic carbocycles. The van der Waals surface area contributed by atoms with Crippen LogP contribution < -0.4 is 0 Å². The molecule has 0 amide bonds. The summed E-state index contributed by atoms with van der Waals surface area (Å²) in [4.78, 5) is 0. The maximum Gasteiger partial charge on any atom is 0.364 e. The molecule has 24 heavy (non-hydrogen) atoms. The first-order valence-electron chi connectivity index (χ1n) is 8.08. The summed E-state index contributed by atoms with van der Waals surface area (Å²) < 4.78 is 25.0. The van der Waals surface area contributed by atoms with E-state index in [2.05, 4.69) is 0 Å². The Morgan fingerprint density at radius 1 is 0.875 bits per heavy atom. The zero-order valence-corrected chi connectivity index (χ0v) is 16.1. The zero-order valence-electron chi connectivity index (χ0n) is 15.2. The van der Waals surface area contributed by atoms with E-state index >= 15 is 0 Å². The van der Waals surface area contributed by atoms with Crippen LogP contribution in [0.15, 0.2) is 42.5 Å². The van der Waals surface area contributed by atoms with Gasteiger partial charge in [0.15, 0.2) is 5.85 Å². The van der Waals surface area contributed by atoms with Crippen molar-refractivity contribution in [3.05, 3.63) is 48.0 Å². The number of benzene rings is 2. The normalized spacial score (nSPS) is 14.8. The van der Waals surface area contributed by atoms with Gasteiger partial charge in [0, 0.05) is 5.56 Å². The van der Waals surface area contributed by atoms with Crippen LogP contribution in [0.2, 0.25) is 0 Å². The Morgan fingerprint density at radius 2 is 1.38 bits per heavy atom. The van der Waals surface area contributed by atoms with Gasteiger partial charge in [-0.05, 0) is 52.3 Å². The topological polar surface area (TPSA) is 55.8 Å². The maximum absolute atomic E-state index is 13.5. The highest BCUT2D eigenvalue weighted by molar-refractivity contribution is 7.54. The Hall–Kier alpha value is -1.19. The molecule has 1 atom stereocenters. The van der Waals surface area contributed by atoms with Crippen molar-refractivity contribution in [1.29, 1.82) is 0 Å². The van der Waals surface area contributed by atoms with E-state index < -0.39 is 24.6 Å². The summed E-state index contributed by atoms with van der Waals surface area (Å²) in [5.74, 6) is -1.36. The maximum atomic E-state index is 13.5. The van der Waals surface area contributed by atoms with Crippen LogP contribution in [0.5, 0.6) is 0 Å². The second-order valence-corrected chi connectivity index (χ2v) is 9.82. The summed E-state index contributed by atoms with van der Waals surface area (Å²) in [6.07, 6.45) is 0. The van der Waals surface area contributed by atoms with E-state index in [4.69, 9.17) is 9.05 Å². The van der Waals surface area contributed by atoms with Crippen molar-refractivity contribution in [2.45, 2.75) is 58.6 Å². The summed E-state index contributed by atoms with van der Waals surface area (Å²) in [5, 5.41) is 12.8. The molecule has 0 spiro atoms. The van der Waals surface area contributed by atoms with Crippen molar-refractivity contribution in [1.82, 2.24) is 0 Å². The van der Waals surface area contributed by atoms with Crippen LogP contribution in [0.3, 0.4) is 0 Å². The molecule has 0 aromatic heterocycles. The highest BCUT2D eigenvalue weighted by Crippen LogP contribution is 2.64. The van der Waals surface area contributed by atoms with Crippen LogP contribution in [-0.2, 0) is 13.6 Å². The van der Waals surface area contributed by atoms with Crippen molar-refractivity contribution in [3.63, 3.8) is 0 Å². The number of aliphatic hydroxyl groups excluding tert-OH is 1. The van der Waals surface area contributed by atoms with Crippen molar-refractivity contribution in [2.75, 3.05) is 0 Å². The molecule has 5 heteroatoms. The second kappa shape index (κ2) is 6.61. The van der Waals surface area contributed by atoms with Gasteiger partial charge in [-0.15, -0.1) is 0 Å². The monoisotopic (exact) mass is 350 g/mol. The summed E-state index contributed by atoms with van der Waals surface area (Å²) in [5.41, 5.74) is -0.886. The van der Waals surface area contributed by atoms with Crippen LogP contribution in [-0.4, -0.2) is 16.3 Å². The predicted octanol–water partition coefficient (Wildman–Crippen LogP) is 5.65. The Labute approximate surface area is 144 Å². The minimum atomic E-state index is -3.82. The molecule has 1 unspecified atom stereocenters.